The summed E-state index contributed by atoms with van der Waals surface area (Å²) in [5.41, 5.74) is 0. The number of hydrogen-bond donors (Lipinski definition) is 1. The van der Waals surface area contributed by atoms with Gasteiger partial charge >= 0.3 is 0 Å². The lowest BCUT2D eigenvalue weighted by molar-refractivity contribution is -0.135. The average Bonchev–Trinajstić information content (AvgIpc) is 2.65. The first-order valence-corrected chi connectivity index (χ1v) is 11.2. The number of amides is 2. The van der Waals surface area contributed by atoms with Crippen LogP contribution in [0, 0.1) is 17.8 Å². The van der Waals surface area contributed by atoms with Gasteiger partial charge < -0.3 is 15.1 Å². The summed E-state index contributed by atoms with van der Waals surface area (Å²) in [6, 6.07) is 0.347. The minimum absolute atomic E-state index is 0.234. The fourth-order valence-corrected chi connectivity index (χ4v) is 4.66. The van der Waals surface area contributed by atoms with E-state index >= 15 is 0 Å². The number of hydrogen-bond acceptors (Lipinski definition) is 4. The molecule has 1 N–H and O–H groups in total. The van der Waals surface area contributed by atoms with Crippen LogP contribution in [-0.2, 0) is 9.59 Å². The molecule has 0 atom stereocenters. The van der Waals surface area contributed by atoms with Crippen LogP contribution in [0.4, 0.5) is 0 Å². The third-order valence-corrected chi connectivity index (χ3v) is 6.19. The molecule has 6 heteroatoms. The van der Waals surface area contributed by atoms with Gasteiger partial charge in [-0.25, -0.2) is 0 Å². The van der Waals surface area contributed by atoms with E-state index in [1.54, 1.807) is 0 Å². The first kappa shape index (κ1) is 23.1. The van der Waals surface area contributed by atoms with Crippen LogP contribution >= 0.6 is 0 Å². The molecule has 2 rings (SSSR count). The van der Waals surface area contributed by atoms with Gasteiger partial charge in [-0.2, -0.15) is 0 Å². The van der Waals surface area contributed by atoms with Crippen LogP contribution in [0.1, 0.15) is 53.4 Å². The molecule has 0 aliphatic carbocycles. The monoisotopic (exact) mass is 394 g/mol. The molecule has 0 radical (unpaired) electrons. The topological polar surface area (TPSA) is 55.9 Å². The zero-order valence-corrected chi connectivity index (χ0v) is 18.7. The summed E-state index contributed by atoms with van der Waals surface area (Å²) in [6.07, 6.45) is 4.46. The van der Waals surface area contributed by atoms with Crippen molar-refractivity contribution in [3.05, 3.63) is 0 Å². The second-order valence-corrected chi connectivity index (χ2v) is 9.56. The summed E-state index contributed by atoms with van der Waals surface area (Å²) in [6.45, 7) is 14.0. The van der Waals surface area contributed by atoms with Gasteiger partial charge in [-0.3, -0.25) is 14.5 Å². The molecular weight excluding hydrogens is 352 g/mol. The SMILES string of the molecule is CC(C)CN(C)CC(=O)N1CCC(C2CCN(C(=O)CNC(C)C)CC2)CC1. The highest BCUT2D eigenvalue weighted by Crippen LogP contribution is 2.32. The van der Waals surface area contributed by atoms with Gasteiger partial charge in [0.05, 0.1) is 13.1 Å². The highest BCUT2D eigenvalue weighted by molar-refractivity contribution is 5.78. The van der Waals surface area contributed by atoms with Gasteiger partial charge in [0.15, 0.2) is 0 Å². The molecule has 0 aromatic rings. The number of piperidine rings is 2. The van der Waals surface area contributed by atoms with Gasteiger partial charge in [-0.1, -0.05) is 27.7 Å². The van der Waals surface area contributed by atoms with Crippen molar-refractivity contribution in [1.82, 2.24) is 20.0 Å². The van der Waals surface area contributed by atoms with Crippen molar-refractivity contribution in [3.8, 4) is 0 Å². The minimum atomic E-state index is 0.234. The Bertz CT molecular complexity index is 493. The predicted molar refractivity (Wildman–Crippen MR) is 114 cm³/mol. The molecule has 2 amide bonds. The molecule has 0 unspecified atom stereocenters. The van der Waals surface area contributed by atoms with Gasteiger partial charge in [0, 0.05) is 38.8 Å². The minimum Gasteiger partial charge on any atom is -0.342 e. The van der Waals surface area contributed by atoms with E-state index < -0.39 is 0 Å². The van der Waals surface area contributed by atoms with Crippen LogP contribution in [0.5, 0.6) is 0 Å². The largest absolute Gasteiger partial charge is 0.342 e. The van der Waals surface area contributed by atoms with E-state index in [0.29, 0.717) is 36.9 Å². The summed E-state index contributed by atoms with van der Waals surface area (Å²) >= 11 is 0. The Hall–Kier alpha value is -1.14. The van der Waals surface area contributed by atoms with Crippen LogP contribution in [0.25, 0.3) is 0 Å². The first-order valence-electron chi connectivity index (χ1n) is 11.2. The summed E-state index contributed by atoms with van der Waals surface area (Å²) in [5.74, 6) is 2.52. The lowest BCUT2D eigenvalue weighted by Crippen LogP contribution is -2.47. The third-order valence-electron chi connectivity index (χ3n) is 6.19. The number of carbonyl (C=O) groups excluding carboxylic acids is 2. The van der Waals surface area contributed by atoms with E-state index in [2.05, 4.69) is 42.8 Å². The Morgan fingerprint density at radius 1 is 0.893 bits per heavy atom. The normalized spacial score (nSPS) is 19.9. The van der Waals surface area contributed by atoms with Crippen molar-refractivity contribution in [3.63, 3.8) is 0 Å². The Labute approximate surface area is 172 Å². The van der Waals surface area contributed by atoms with Gasteiger partial charge in [-0.05, 0) is 50.5 Å². The van der Waals surface area contributed by atoms with Crippen LogP contribution in [0.15, 0.2) is 0 Å². The fraction of sp³-hybridized carbons (Fsp3) is 0.909. The maximum Gasteiger partial charge on any atom is 0.236 e. The van der Waals surface area contributed by atoms with Crippen molar-refractivity contribution in [2.24, 2.45) is 17.8 Å². The van der Waals surface area contributed by atoms with E-state index in [-0.39, 0.29) is 11.8 Å². The fourth-order valence-electron chi connectivity index (χ4n) is 4.66. The lowest BCUT2D eigenvalue weighted by atomic mass is 9.78. The van der Waals surface area contributed by atoms with Crippen molar-refractivity contribution in [2.45, 2.75) is 59.4 Å². The van der Waals surface area contributed by atoms with Crippen molar-refractivity contribution in [1.29, 1.82) is 0 Å². The van der Waals surface area contributed by atoms with E-state index in [1.165, 1.54) is 0 Å². The van der Waals surface area contributed by atoms with Crippen LogP contribution in [0.2, 0.25) is 0 Å². The molecule has 28 heavy (non-hydrogen) atoms. The van der Waals surface area contributed by atoms with E-state index in [1.807, 2.05) is 11.9 Å². The molecular formula is C22H42N4O2. The highest BCUT2D eigenvalue weighted by atomic mass is 16.2. The maximum absolute atomic E-state index is 12.5. The van der Waals surface area contributed by atoms with E-state index in [0.717, 1.165) is 58.4 Å². The van der Waals surface area contributed by atoms with E-state index in [9.17, 15) is 9.59 Å². The van der Waals surface area contributed by atoms with E-state index in [4.69, 9.17) is 0 Å². The Morgan fingerprint density at radius 3 is 1.79 bits per heavy atom. The molecule has 2 aliphatic rings. The van der Waals surface area contributed by atoms with Gasteiger partial charge in [0.1, 0.15) is 0 Å². The second-order valence-electron chi connectivity index (χ2n) is 9.56. The van der Waals surface area contributed by atoms with Gasteiger partial charge in [0.25, 0.3) is 0 Å². The molecule has 0 aromatic heterocycles. The number of likely N-dealkylation sites (N-methyl/N-ethyl adjacent to an activating group) is 1. The van der Waals surface area contributed by atoms with Crippen LogP contribution in [-0.4, -0.2) is 85.4 Å². The molecule has 0 saturated carbocycles. The average molecular weight is 395 g/mol. The smallest absolute Gasteiger partial charge is 0.236 e. The predicted octanol–water partition coefficient (Wildman–Crippen LogP) is 2.05. The van der Waals surface area contributed by atoms with Gasteiger partial charge in [-0.15, -0.1) is 0 Å². The lowest BCUT2D eigenvalue weighted by Gasteiger charge is -2.40. The molecule has 0 spiro atoms. The standard InChI is InChI=1S/C22H42N4O2/c1-17(2)15-24(5)16-22(28)26-12-8-20(9-13-26)19-6-10-25(11-7-19)21(27)14-23-18(3)4/h17-20,23H,6-16H2,1-5H3. The summed E-state index contributed by atoms with van der Waals surface area (Å²) in [5, 5.41) is 3.22. The quantitative estimate of drug-likeness (QED) is 0.685. The molecule has 2 saturated heterocycles. The Balaban J connectivity index is 1.68. The second kappa shape index (κ2) is 11.1. The molecule has 0 aromatic carbocycles. The van der Waals surface area contributed by atoms with Crippen LogP contribution < -0.4 is 5.32 Å². The summed E-state index contributed by atoms with van der Waals surface area (Å²) < 4.78 is 0. The zero-order chi connectivity index (χ0) is 20.7. The van der Waals surface area contributed by atoms with Crippen LogP contribution in [0.3, 0.4) is 0 Å². The molecule has 2 heterocycles. The number of nitrogens with one attached hydrogen (secondary N) is 1. The molecule has 2 fully saturated rings. The molecule has 0 bridgehead atoms. The van der Waals surface area contributed by atoms with Gasteiger partial charge in [0.2, 0.25) is 11.8 Å². The highest BCUT2D eigenvalue weighted by Gasteiger charge is 2.32. The molecule has 2 aliphatic heterocycles. The number of nitrogens with zero attached hydrogens (tertiary/aromatic N) is 3. The zero-order valence-electron chi connectivity index (χ0n) is 18.7. The van der Waals surface area contributed by atoms with Crippen molar-refractivity contribution < 1.29 is 9.59 Å². The Kier molecular flexibility index (Phi) is 9.22. The number of carbonyl (C=O) groups is 2. The molecule has 162 valence electrons. The maximum atomic E-state index is 12.5. The Morgan fingerprint density at radius 2 is 1.36 bits per heavy atom. The van der Waals surface area contributed by atoms with Crippen molar-refractivity contribution >= 4 is 11.8 Å². The summed E-state index contributed by atoms with van der Waals surface area (Å²) in [7, 11) is 2.04. The first-order chi connectivity index (χ1) is 13.3. The number of rotatable bonds is 8. The van der Waals surface area contributed by atoms with Crippen molar-refractivity contribution in [2.75, 3.05) is 52.9 Å². The third kappa shape index (κ3) is 7.36. The molecule has 6 nitrogen and oxygen atoms in total. The summed E-state index contributed by atoms with van der Waals surface area (Å²) in [4.78, 5) is 31.0. The number of likely N-dealkylation sites (tertiary alicyclic amines) is 2.